The third kappa shape index (κ3) is 2.83. The molecule has 0 aromatic heterocycles. The van der Waals surface area contributed by atoms with Crippen molar-refractivity contribution in [2.75, 3.05) is 16.3 Å². The predicted octanol–water partition coefficient (Wildman–Crippen LogP) is 3.12. The number of benzene rings is 2. The molecular formula is C16H11BrN2O4. The maximum Gasteiger partial charge on any atom is 0.336 e. The van der Waals surface area contributed by atoms with E-state index in [9.17, 15) is 14.4 Å². The van der Waals surface area contributed by atoms with Crippen LogP contribution in [0.2, 0.25) is 0 Å². The number of nitrogens with zero attached hydrogens (tertiary/aromatic N) is 2. The topological polar surface area (TPSA) is 77.9 Å². The van der Waals surface area contributed by atoms with E-state index in [1.165, 1.54) is 29.2 Å². The maximum atomic E-state index is 12.6. The fourth-order valence-corrected chi connectivity index (χ4v) is 2.62. The number of hydrogen-bond acceptors (Lipinski definition) is 3. The zero-order valence-electron chi connectivity index (χ0n) is 11.8. The number of carboxylic acid groups (broad SMARTS) is 1. The van der Waals surface area contributed by atoms with Crippen LogP contribution in [0.15, 0.2) is 53.0 Å². The van der Waals surface area contributed by atoms with E-state index >= 15 is 0 Å². The summed E-state index contributed by atoms with van der Waals surface area (Å²) in [5.41, 5.74) is 0.869. The molecule has 1 aliphatic heterocycles. The van der Waals surface area contributed by atoms with Crippen molar-refractivity contribution >= 4 is 45.2 Å². The van der Waals surface area contributed by atoms with E-state index in [-0.39, 0.29) is 17.8 Å². The smallest absolute Gasteiger partial charge is 0.336 e. The molecule has 1 N–H and O–H groups in total. The monoisotopic (exact) mass is 374 g/mol. The van der Waals surface area contributed by atoms with Crippen LogP contribution < -0.4 is 9.80 Å². The van der Waals surface area contributed by atoms with Crippen LogP contribution in [-0.2, 0) is 4.79 Å². The number of carboxylic acids is 1. The van der Waals surface area contributed by atoms with Crippen LogP contribution in [0.1, 0.15) is 10.4 Å². The number of aromatic carboxylic acids is 1. The number of hydrogen-bond donors (Lipinski definition) is 1. The average molecular weight is 375 g/mol. The molecule has 116 valence electrons. The highest BCUT2D eigenvalue weighted by atomic mass is 79.9. The Morgan fingerprint density at radius 1 is 1.04 bits per heavy atom. The van der Waals surface area contributed by atoms with Gasteiger partial charge in [0, 0.05) is 10.2 Å². The molecule has 1 saturated heterocycles. The van der Waals surface area contributed by atoms with Crippen molar-refractivity contribution < 1.29 is 19.5 Å². The second kappa shape index (κ2) is 5.85. The van der Waals surface area contributed by atoms with Gasteiger partial charge in [0.15, 0.2) is 0 Å². The Bertz CT molecular complexity index is 804. The number of imide groups is 1. The van der Waals surface area contributed by atoms with Crippen molar-refractivity contribution in [3.05, 3.63) is 58.6 Å². The molecule has 7 heteroatoms. The lowest BCUT2D eigenvalue weighted by molar-refractivity contribution is -0.115. The maximum absolute atomic E-state index is 12.6. The van der Waals surface area contributed by atoms with Gasteiger partial charge in [-0.2, -0.15) is 0 Å². The van der Waals surface area contributed by atoms with Crippen LogP contribution in [0.5, 0.6) is 0 Å². The van der Waals surface area contributed by atoms with E-state index in [4.69, 9.17) is 5.11 Å². The van der Waals surface area contributed by atoms with Gasteiger partial charge in [-0.25, -0.2) is 14.5 Å². The molecule has 3 amide bonds. The quantitative estimate of drug-likeness (QED) is 0.837. The van der Waals surface area contributed by atoms with Gasteiger partial charge in [0.2, 0.25) is 0 Å². The van der Waals surface area contributed by atoms with Crippen molar-refractivity contribution in [1.29, 1.82) is 0 Å². The van der Waals surface area contributed by atoms with E-state index in [1.54, 1.807) is 24.3 Å². The summed E-state index contributed by atoms with van der Waals surface area (Å²) in [6.45, 7) is -0.0856. The molecule has 23 heavy (non-hydrogen) atoms. The van der Waals surface area contributed by atoms with Crippen LogP contribution in [0.3, 0.4) is 0 Å². The lowest BCUT2D eigenvalue weighted by atomic mass is 10.2. The Kier molecular flexibility index (Phi) is 3.87. The molecule has 0 atom stereocenters. The first kappa shape index (κ1) is 15.2. The summed E-state index contributed by atoms with van der Waals surface area (Å²) in [6.07, 6.45) is 0. The summed E-state index contributed by atoms with van der Waals surface area (Å²) in [5, 5.41) is 9.04. The van der Waals surface area contributed by atoms with Crippen molar-refractivity contribution in [1.82, 2.24) is 0 Å². The van der Waals surface area contributed by atoms with Crippen LogP contribution >= 0.6 is 15.9 Å². The van der Waals surface area contributed by atoms with Gasteiger partial charge in [0.25, 0.3) is 5.91 Å². The van der Waals surface area contributed by atoms with Crippen LogP contribution in [0.4, 0.5) is 16.2 Å². The van der Waals surface area contributed by atoms with Crippen molar-refractivity contribution in [3.8, 4) is 0 Å². The van der Waals surface area contributed by atoms with E-state index in [0.29, 0.717) is 5.69 Å². The van der Waals surface area contributed by atoms with Gasteiger partial charge in [-0.05, 0) is 42.5 Å². The average Bonchev–Trinajstić information content (AvgIpc) is 2.83. The molecule has 3 rings (SSSR count). The lowest BCUT2D eigenvalue weighted by Crippen LogP contribution is -2.33. The molecule has 0 radical (unpaired) electrons. The highest BCUT2D eigenvalue weighted by Gasteiger charge is 2.38. The Morgan fingerprint density at radius 2 is 1.74 bits per heavy atom. The van der Waals surface area contributed by atoms with E-state index < -0.39 is 17.9 Å². The molecule has 2 aromatic rings. The van der Waals surface area contributed by atoms with Gasteiger partial charge in [-0.1, -0.05) is 22.0 Å². The highest BCUT2D eigenvalue weighted by molar-refractivity contribution is 9.10. The van der Waals surface area contributed by atoms with Crippen molar-refractivity contribution in [3.63, 3.8) is 0 Å². The van der Waals surface area contributed by atoms with E-state index in [2.05, 4.69) is 15.9 Å². The molecule has 2 aromatic carbocycles. The molecule has 0 bridgehead atoms. The Hall–Kier alpha value is -2.67. The number of carbonyl (C=O) groups is 3. The van der Waals surface area contributed by atoms with Crippen molar-refractivity contribution in [2.24, 2.45) is 0 Å². The zero-order chi connectivity index (χ0) is 16.6. The molecule has 0 spiro atoms. The molecule has 1 fully saturated rings. The Morgan fingerprint density at radius 3 is 2.39 bits per heavy atom. The fourth-order valence-electron chi connectivity index (χ4n) is 2.36. The first-order valence-corrected chi connectivity index (χ1v) is 7.50. The first-order valence-electron chi connectivity index (χ1n) is 6.71. The van der Waals surface area contributed by atoms with Gasteiger partial charge >= 0.3 is 12.0 Å². The summed E-state index contributed by atoms with van der Waals surface area (Å²) in [6, 6.07) is 12.3. The number of amides is 3. The summed E-state index contributed by atoms with van der Waals surface area (Å²) < 4.78 is 0.866. The minimum Gasteiger partial charge on any atom is -0.478 e. The summed E-state index contributed by atoms with van der Waals surface area (Å²) in [4.78, 5) is 38.2. The summed E-state index contributed by atoms with van der Waals surface area (Å²) in [5.74, 6) is -1.52. The Balaban J connectivity index is 1.94. The first-order chi connectivity index (χ1) is 11.0. The van der Waals surface area contributed by atoms with Crippen molar-refractivity contribution in [2.45, 2.75) is 0 Å². The molecule has 0 unspecified atom stereocenters. The van der Waals surface area contributed by atoms with Crippen LogP contribution in [0.25, 0.3) is 0 Å². The number of halogens is 1. The molecule has 0 saturated carbocycles. The van der Waals surface area contributed by atoms with Crippen LogP contribution in [0, 0.1) is 0 Å². The van der Waals surface area contributed by atoms with Crippen LogP contribution in [-0.4, -0.2) is 29.6 Å². The standard InChI is InChI=1S/C16H11BrN2O4/c17-11-4-6-12(7-5-11)18-9-14(20)19(16(18)23)13-3-1-2-10(8-13)15(21)22/h1-8H,9H2,(H,21,22). The van der Waals surface area contributed by atoms with Gasteiger partial charge in [-0.15, -0.1) is 0 Å². The zero-order valence-corrected chi connectivity index (χ0v) is 13.4. The third-order valence-electron chi connectivity index (χ3n) is 3.45. The third-order valence-corrected chi connectivity index (χ3v) is 3.98. The fraction of sp³-hybridized carbons (Fsp3) is 0.0625. The van der Waals surface area contributed by atoms with Gasteiger partial charge in [-0.3, -0.25) is 9.69 Å². The summed E-state index contributed by atoms with van der Waals surface area (Å²) >= 11 is 3.31. The lowest BCUT2D eigenvalue weighted by Gasteiger charge is -2.17. The number of rotatable bonds is 3. The molecule has 1 aliphatic rings. The number of urea groups is 1. The normalized spacial score (nSPS) is 14.5. The molecular weight excluding hydrogens is 364 g/mol. The molecule has 1 heterocycles. The minimum atomic E-state index is -1.12. The van der Waals surface area contributed by atoms with Gasteiger partial charge < -0.3 is 5.11 Å². The second-order valence-corrected chi connectivity index (χ2v) is 5.85. The highest BCUT2D eigenvalue weighted by Crippen LogP contribution is 2.27. The van der Waals surface area contributed by atoms with E-state index in [0.717, 1.165) is 9.37 Å². The van der Waals surface area contributed by atoms with Gasteiger partial charge in [0.05, 0.1) is 11.3 Å². The SMILES string of the molecule is O=C(O)c1cccc(N2C(=O)CN(c3ccc(Br)cc3)C2=O)c1. The molecule has 0 aliphatic carbocycles. The minimum absolute atomic E-state index is 0.0187. The second-order valence-electron chi connectivity index (χ2n) is 4.93. The predicted molar refractivity (Wildman–Crippen MR) is 87.8 cm³/mol. The Labute approximate surface area is 140 Å². The van der Waals surface area contributed by atoms with Gasteiger partial charge in [0.1, 0.15) is 6.54 Å². The number of anilines is 2. The summed E-state index contributed by atoms with van der Waals surface area (Å²) in [7, 11) is 0. The number of carbonyl (C=O) groups excluding carboxylic acids is 2. The van der Waals surface area contributed by atoms with E-state index in [1.807, 2.05) is 0 Å². The molecule has 6 nitrogen and oxygen atoms in total. The largest absolute Gasteiger partial charge is 0.478 e.